The first-order chi connectivity index (χ1) is 12.7. The molecule has 26 heavy (non-hydrogen) atoms. The van der Waals surface area contributed by atoms with Crippen LogP contribution in [0, 0.1) is 6.92 Å². The molecule has 2 aromatic rings. The van der Waals surface area contributed by atoms with Gasteiger partial charge in [-0.25, -0.2) is 4.98 Å². The van der Waals surface area contributed by atoms with E-state index in [1.807, 2.05) is 12.4 Å². The van der Waals surface area contributed by atoms with Gasteiger partial charge in [0.1, 0.15) is 5.82 Å². The Morgan fingerprint density at radius 3 is 2.77 bits per heavy atom. The molecular formula is C20H29N5O. The molecule has 1 aliphatic heterocycles. The zero-order valence-corrected chi connectivity index (χ0v) is 15.8. The summed E-state index contributed by atoms with van der Waals surface area (Å²) >= 11 is 0. The Kier molecular flexibility index (Phi) is 6.28. The van der Waals surface area contributed by atoms with Crippen LogP contribution in [0.3, 0.4) is 0 Å². The van der Waals surface area contributed by atoms with Crippen LogP contribution in [0.2, 0.25) is 0 Å². The van der Waals surface area contributed by atoms with Crippen molar-refractivity contribution in [2.24, 2.45) is 0 Å². The third-order valence-electron chi connectivity index (χ3n) is 4.90. The number of aromatic nitrogens is 2. The van der Waals surface area contributed by atoms with E-state index in [0.717, 1.165) is 45.0 Å². The van der Waals surface area contributed by atoms with Crippen LogP contribution in [0.1, 0.15) is 18.3 Å². The van der Waals surface area contributed by atoms with Gasteiger partial charge in [0.2, 0.25) is 5.91 Å². The van der Waals surface area contributed by atoms with Crippen LogP contribution < -0.4 is 10.2 Å². The number of nitrogens with one attached hydrogen (secondary N) is 1. The van der Waals surface area contributed by atoms with Crippen molar-refractivity contribution in [3.63, 3.8) is 0 Å². The molecule has 0 spiro atoms. The van der Waals surface area contributed by atoms with Crippen molar-refractivity contribution in [2.75, 3.05) is 44.2 Å². The Labute approximate surface area is 155 Å². The van der Waals surface area contributed by atoms with Gasteiger partial charge in [0.05, 0.1) is 6.54 Å². The van der Waals surface area contributed by atoms with Crippen LogP contribution in [-0.4, -0.2) is 59.6 Å². The Bertz CT molecular complexity index is 718. The molecule has 1 amide bonds. The van der Waals surface area contributed by atoms with Gasteiger partial charge in [-0.15, -0.1) is 0 Å². The molecule has 0 atom stereocenters. The van der Waals surface area contributed by atoms with Crippen LogP contribution in [-0.2, 0) is 17.8 Å². The van der Waals surface area contributed by atoms with E-state index in [1.165, 1.54) is 11.3 Å². The topological polar surface area (TPSA) is 53.4 Å². The Morgan fingerprint density at radius 2 is 2.04 bits per heavy atom. The molecule has 0 aliphatic carbocycles. The average molecular weight is 355 g/mol. The number of hydrogen-bond acceptors (Lipinski definition) is 4. The van der Waals surface area contributed by atoms with E-state index in [4.69, 9.17) is 0 Å². The fourth-order valence-corrected chi connectivity index (χ4v) is 3.42. The van der Waals surface area contributed by atoms with E-state index in [1.54, 1.807) is 0 Å². The summed E-state index contributed by atoms with van der Waals surface area (Å²) < 4.78 is 2.10. The second-order valence-corrected chi connectivity index (χ2v) is 6.84. The van der Waals surface area contributed by atoms with Gasteiger partial charge in [0, 0.05) is 63.8 Å². The molecule has 1 fully saturated rings. The predicted octanol–water partition coefficient (Wildman–Crippen LogP) is 1.69. The molecule has 1 aromatic heterocycles. The van der Waals surface area contributed by atoms with E-state index >= 15 is 0 Å². The van der Waals surface area contributed by atoms with E-state index in [-0.39, 0.29) is 5.91 Å². The van der Waals surface area contributed by atoms with E-state index in [9.17, 15) is 4.79 Å². The van der Waals surface area contributed by atoms with Gasteiger partial charge in [-0.1, -0.05) is 19.1 Å². The molecule has 1 aromatic carbocycles. The highest BCUT2D eigenvalue weighted by atomic mass is 16.2. The number of aryl methyl sites for hydroxylation is 2. The first-order valence-electron chi connectivity index (χ1n) is 9.46. The molecule has 1 saturated heterocycles. The molecule has 1 N–H and O–H groups in total. The lowest BCUT2D eigenvalue weighted by Gasteiger charge is -2.35. The van der Waals surface area contributed by atoms with Crippen LogP contribution in [0.4, 0.5) is 5.69 Å². The smallest absolute Gasteiger partial charge is 0.234 e. The molecule has 0 saturated carbocycles. The lowest BCUT2D eigenvalue weighted by Crippen LogP contribution is -2.49. The number of carbonyl (C=O) groups excluding carboxylic acids is 1. The molecule has 0 unspecified atom stereocenters. The summed E-state index contributed by atoms with van der Waals surface area (Å²) in [6, 6.07) is 8.62. The number of amides is 1. The lowest BCUT2D eigenvalue weighted by molar-refractivity contribution is -0.122. The minimum atomic E-state index is 0.104. The molecule has 6 heteroatoms. The van der Waals surface area contributed by atoms with Gasteiger partial charge in [0.15, 0.2) is 0 Å². The third kappa shape index (κ3) is 4.85. The summed E-state index contributed by atoms with van der Waals surface area (Å²) in [4.78, 5) is 21.1. The normalized spacial score (nSPS) is 15.2. The molecule has 6 nitrogen and oxygen atoms in total. The number of imidazole rings is 1. The first-order valence-corrected chi connectivity index (χ1v) is 9.46. The van der Waals surface area contributed by atoms with Crippen molar-refractivity contribution in [1.29, 1.82) is 0 Å². The highest BCUT2D eigenvalue weighted by Crippen LogP contribution is 2.17. The van der Waals surface area contributed by atoms with Crippen LogP contribution >= 0.6 is 0 Å². The maximum atomic E-state index is 12.2. The molecule has 2 heterocycles. The summed E-state index contributed by atoms with van der Waals surface area (Å²) in [5.74, 6) is 1.17. The highest BCUT2D eigenvalue weighted by molar-refractivity contribution is 5.78. The second kappa shape index (κ2) is 8.85. The summed E-state index contributed by atoms with van der Waals surface area (Å²) in [5, 5.41) is 3.03. The largest absolute Gasteiger partial charge is 0.369 e. The Morgan fingerprint density at radius 1 is 1.23 bits per heavy atom. The van der Waals surface area contributed by atoms with Gasteiger partial charge in [-0.2, -0.15) is 0 Å². The predicted molar refractivity (Wildman–Crippen MR) is 104 cm³/mol. The Hall–Kier alpha value is -2.34. The molecule has 3 rings (SSSR count). The maximum Gasteiger partial charge on any atom is 0.234 e. The number of rotatable bonds is 7. The first kappa shape index (κ1) is 18.5. The van der Waals surface area contributed by atoms with Crippen LogP contribution in [0.5, 0.6) is 0 Å². The molecule has 140 valence electrons. The summed E-state index contributed by atoms with van der Waals surface area (Å²) in [5.41, 5.74) is 2.56. The third-order valence-corrected chi connectivity index (χ3v) is 4.90. The maximum absolute atomic E-state index is 12.2. The van der Waals surface area contributed by atoms with Crippen molar-refractivity contribution in [3.8, 4) is 0 Å². The van der Waals surface area contributed by atoms with Crippen LogP contribution in [0.15, 0.2) is 36.7 Å². The number of anilines is 1. The van der Waals surface area contributed by atoms with Crippen LogP contribution in [0.25, 0.3) is 0 Å². The minimum Gasteiger partial charge on any atom is -0.369 e. The fourth-order valence-electron chi connectivity index (χ4n) is 3.42. The molecular weight excluding hydrogens is 326 g/mol. The summed E-state index contributed by atoms with van der Waals surface area (Å²) in [6.45, 7) is 9.88. The number of nitrogens with zero attached hydrogens (tertiary/aromatic N) is 4. The Balaban J connectivity index is 1.38. The monoisotopic (exact) mass is 355 g/mol. The lowest BCUT2D eigenvalue weighted by atomic mass is 10.2. The van der Waals surface area contributed by atoms with Gasteiger partial charge in [-0.05, 0) is 24.6 Å². The SMILES string of the molecule is CCc1nccn1CCNC(=O)CN1CCN(c2cccc(C)c2)CC1. The zero-order valence-electron chi connectivity index (χ0n) is 15.8. The van der Waals surface area contributed by atoms with Crippen molar-refractivity contribution in [1.82, 2.24) is 19.8 Å². The second-order valence-electron chi connectivity index (χ2n) is 6.84. The summed E-state index contributed by atoms with van der Waals surface area (Å²) in [6.07, 6.45) is 4.69. The number of carbonyl (C=O) groups is 1. The summed E-state index contributed by atoms with van der Waals surface area (Å²) in [7, 11) is 0. The fraction of sp³-hybridized carbons (Fsp3) is 0.500. The number of piperazine rings is 1. The van der Waals surface area contributed by atoms with E-state index in [0.29, 0.717) is 13.1 Å². The minimum absolute atomic E-state index is 0.104. The van der Waals surface area contributed by atoms with Gasteiger partial charge in [0.25, 0.3) is 0 Å². The molecule has 0 radical (unpaired) electrons. The van der Waals surface area contributed by atoms with E-state index < -0.39 is 0 Å². The standard InChI is InChI=1S/C20H29N5O/c1-3-19-21-7-9-25(19)10-8-22-20(26)16-23-11-13-24(14-12-23)18-6-4-5-17(2)15-18/h4-7,9,15H,3,8,10-14,16H2,1-2H3,(H,22,26). The highest BCUT2D eigenvalue weighted by Gasteiger charge is 2.19. The van der Waals surface area contributed by atoms with Gasteiger partial charge >= 0.3 is 0 Å². The van der Waals surface area contributed by atoms with Crippen molar-refractivity contribution in [3.05, 3.63) is 48.0 Å². The zero-order chi connectivity index (χ0) is 18.4. The molecule has 0 bridgehead atoms. The quantitative estimate of drug-likeness (QED) is 0.821. The van der Waals surface area contributed by atoms with Crippen molar-refractivity contribution < 1.29 is 4.79 Å². The van der Waals surface area contributed by atoms with Crippen molar-refractivity contribution in [2.45, 2.75) is 26.8 Å². The molecule has 1 aliphatic rings. The van der Waals surface area contributed by atoms with E-state index in [2.05, 4.69) is 62.8 Å². The number of benzene rings is 1. The average Bonchev–Trinajstić information content (AvgIpc) is 3.10. The van der Waals surface area contributed by atoms with Gasteiger partial charge in [-0.3, -0.25) is 9.69 Å². The van der Waals surface area contributed by atoms with Gasteiger partial charge < -0.3 is 14.8 Å². The van der Waals surface area contributed by atoms with Crippen molar-refractivity contribution >= 4 is 11.6 Å². The number of hydrogen-bond donors (Lipinski definition) is 1.